The van der Waals surface area contributed by atoms with Crippen molar-refractivity contribution in [3.8, 4) is 0 Å². The fourth-order valence-corrected chi connectivity index (χ4v) is 2.60. The number of hydrogen-bond acceptors (Lipinski definition) is 3. The Morgan fingerprint density at radius 2 is 1.86 bits per heavy atom. The first-order valence-corrected chi connectivity index (χ1v) is 7.45. The molecular weight excluding hydrogens is 260 g/mol. The Morgan fingerprint density at radius 3 is 2.67 bits per heavy atom. The minimum Gasteiger partial charge on any atom is -0.310 e. The molecule has 0 radical (unpaired) electrons. The van der Waals surface area contributed by atoms with Gasteiger partial charge in [-0.05, 0) is 24.1 Å². The van der Waals surface area contributed by atoms with E-state index in [-0.39, 0.29) is 0 Å². The lowest BCUT2D eigenvalue weighted by atomic mass is 10.0. The molecule has 0 aliphatic rings. The van der Waals surface area contributed by atoms with Gasteiger partial charge >= 0.3 is 0 Å². The molecule has 0 aliphatic heterocycles. The Kier molecular flexibility index (Phi) is 4.26. The fraction of sp³-hybridized carbons (Fsp3) is 0.294. The normalized spacial score (nSPS) is 12.6. The SMILES string of the molecule is CCC(NCCc1nnc2ccccn12)c1ccccc1. The van der Waals surface area contributed by atoms with E-state index in [1.807, 2.05) is 28.8 Å². The fourth-order valence-electron chi connectivity index (χ4n) is 2.60. The first kappa shape index (κ1) is 13.8. The van der Waals surface area contributed by atoms with E-state index in [9.17, 15) is 0 Å². The van der Waals surface area contributed by atoms with Gasteiger partial charge in [-0.1, -0.05) is 43.3 Å². The van der Waals surface area contributed by atoms with Crippen LogP contribution in [0.5, 0.6) is 0 Å². The Labute approximate surface area is 124 Å². The molecule has 0 aliphatic carbocycles. The standard InChI is InChI=1S/C17H20N4/c1-2-15(14-8-4-3-5-9-14)18-12-11-17-20-19-16-10-6-7-13-21(16)17/h3-10,13,15,18H,2,11-12H2,1H3. The lowest BCUT2D eigenvalue weighted by Gasteiger charge is -2.17. The molecule has 1 unspecified atom stereocenters. The summed E-state index contributed by atoms with van der Waals surface area (Å²) < 4.78 is 2.05. The molecule has 4 nitrogen and oxygen atoms in total. The van der Waals surface area contributed by atoms with E-state index in [0.717, 1.165) is 30.9 Å². The monoisotopic (exact) mass is 280 g/mol. The molecule has 108 valence electrons. The van der Waals surface area contributed by atoms with Gasteiger partial charge in [0, 0.05) is 25.2 Å². The average molecular weight is 280 g/mol. The van der Waals surface area contributed by atoms with Gasteiger partial charge in [0.05, 0.1) is 0 Å². The molecular formula is C17H20N4. The molecule has 3 aromatic rings. The molecule has 1 aromatic carbocycles. The van der Waals surface area contributed by atoms with Gasteiger partial charge in [-0.3, -0.25) is 4.40 Å². The van der Waals surface area contributed by atoms with Crippen molar-refractivity contribution >= 4 is 5.65 Å². The molecule has 0 saturated heterocycles. The summed E-state index contributed by atoms with van der Waals surface area (Å²) in [6.07, 6.45) is 3.96. The van der Waals surface area contributed by atoms with Gasteiger partial charge in [-0.25, -0.2) is 0 Å². The smallest absolute Gasteiger partial charge is 0.160 e. The van der Waals surface area contributed by atoms with Gasteiger partial charge in [-0.2, -0.15) is 0 Å². The molecule has 2 heterocycles. The Bertz CT molecular complexity index is 690. The van der Waals surface area contributed by atoms with Crippen LogP contribution in [0.1, 0.15) is 30.8 Å². The Hall–Kier alpha value is -2.20. The summed E-state index contributed by atoms with van der Waals surface area (Å²) in [5.41, 5.74) is 2.24. The maximum atomic E-state index is 4.26. The van der Waals surface area contributed by atoms with Crippen molar-refractivity contribution in [2.45, 2.75) is 25.8 Å². The zero-order valence-corrected chi connectivity index (χ0v) is 12.2. The number of hydrogen-bond donors (Lipinski definition) is 1. The van der Waals surface area contributed by atoms with Crippen molar-refractivity contribution < 1.29 is 0 Å². The lowest BCUT2D eigenvalue weighted by Crippen LogP contribution is -2.23. The maximum Gasteiger partial charge on any atom is 0.160 e. The summed E-state index contributed by atoms with van der Waals surface area (Å²) in [5, 5.41) is 12.1. The van der Waals surface area contributed by atoms with Gasteiger partial charge in [-0.15, -0.1) is 10.2 Å². The summed E-state index contributed by atoms with van der Waals surface area (Å²) in [6, 6.07) is 16.9. The minimum atomic E-state index is 0.394. The molecule has 3 rings (SSSR count). The number of fused-ring (bicyclic) bond motifs is 1. The lowest BCUT2D eigenvalue weighted by molar-refractivity contribution is 0.518. The molecule has 0 saturated carbocycles. The Morgan fingerprint density at radius 1 is 1.05 bits per heavy atom. The van der Waals surface area contributed by atoms with Gasteiger partial charge in [0.1, 0.15) is 5.82 Å². The second-order valence-electron chi connectivity index (χ2n) is 5.12. The second kappa shape index (κ2) is 6.50. The number of aromatic nitrogens is 3. The molecule has 1 atom stereocenters. The van der Waals surface area contributed by atoms with Crippen LogP contribution in [0.25, 0.3) is 5.65 Å². The van der Waals surface area contributed by atoms with Gasteiger partial charge in [0.2, 0.25) is 0 Å². The van der Waals surface area contributed by atoms with E-state index < -0.39 is 0 Å². The highest BCUT2D eigenvalue weighted by Gasteiger charge is 2.09. The van der Waals surface area contributed by atoms with Crippen LogP contribution in [0.15, 0.2) is 54.7 Å². The summed E-state index contributed by atoms with van der Waals surface area (Å²) in [4.78, 5) is 0. The van der Waals surface area contributed by atoms with Crippen molar-refractivity contribution in [3.63, 3.8) is 0 Å². The van der Waals surface area contributed by atoms with Crippen molar-refractivity contribution in [2.75, 3.05) is 6.54 Å². The highest BCUT2D eigenvalue weighted by molar-refractivity contribution is 5.37. The topological polar surface area (TPSA) is 42.2 Å². The number of benzene rings is 1. The van der Waals surface area contributed by atoms with Crippen LogP contribution in [0.2, 0.25) is 0 Å². The first-order valence-electron chi connectivity index (χ1n) is 7.45. The minimum absolute atomic E-state index is 0.394. The first-order chi connectivity index (χ1) is 10.4. The predicted octanol–water partition coefficient (Wildman–Crippen LogP) is 3.01. The van der Waals surface area contributed by atoms with E-state index in [1.165, 1.54) is 5.56 Å². The van der Waals surface area contributed by atoms with Crippen LogP contribution in [-0.4, -0.2) is 21.1 Å². The molecule has 4 heteroatoms. The quantitative estimate of drug-likeness (QED) is 0.754. The molecule has 21 heavy (non-hydrogen) atoms. The summed E-state index contributed by atoms with van der Waals surface area (Å²) in [5.74, 6) is 1.00. The number of nitrogens with one attached hydrogen (secondary N) is 1. The zero-order chi connectivity index (χ0) is 14.5. The highest BCUT2D eigenvalue weighted by Crippen LogP contribution is 2.15. The van der Waals surface area contributed by atoms with Crippen LogP contribution in [-0.2, 0) is 6.42 Å². The van der Waals surface area contributed by atoms with Gasteiger partial charge in [0.25, 0.3) is 0 Å². The molecule has 0 fully saturated rings. The van der Waals surface area contributed by atoms with Gasteiger partial charge < -0.3 is 5.32 Å². The molecule has 0 amide bonds. The molecule has 0 bridgehead atoms. The predicted molar refractivity (Wildman–Crippen MR) is 84.2 cm³/mol. The van der Waals surface area contributed by atoms with Crippen LogP contribution < -0.4 is 5.32 Å². The van der Waals surface area contributed by atoms with Gasteiger partial charge in [0.15, 0.2) is 5.65 Å². The number of nitrogens with zero attached hydrogens (tertiary/aromatic N) is 3. The Balaban J connectivity index is 1.63. The van der Waals surface area contributed by atoms with Crippen molar-refractivity contribution in [1.82, 2.24) is 19.9 Å². The highest BCUT2D eigenvalue weighted by atomic mass is 15.2. The van der Waals surface area contributed by atoms with Crippen LogP contribution in [0.3, 0.4) is 0 Å². The third-order valence-corrected chi connectivity index (χ3v) is 3.73. The number of pyridine rings is 1. The van der Waals surface area contributed by atoms with E-state index in [1.54, 1.807) is 0 Å². The van der Waals surface area contributed by atoms with Crippen LogP contribution >= 0.6 is 0 Å². The molecule has 1 N–H and O–H groups in total. The third-order valence-electron chi connectivity index (χ3n) is 3.73. The van der Waals surface area contributed by atoms with E-state index in [0.29, 0.717) is 6.04 Å². The summed E-state index contributed by atoms with van der Waals surface area (Å²) in [7, 11) is 0. The van der Waals surface area contributed by atoms with Crippen molar-refractivity contribution in [3.05, 3.63) is 66.1 Å². The summed E-state index contributed by atoms with van der Waals surface area (Å²) in [6.45, 7) is 3.10. The van der Waals surface area contributed by atoms with Crippen LogP contribution in [0, 0.1) is 0 Å². The average Bonchev–Trinajstić information content (AvgIpc) is 2.96. The number of rotatable bonds is 6. The third kappa shape index (κ3) is 3.11. The zero-order valence-electron chi connectivity index (χ0n) is 12.2. The largest absolute Gasteiger partial charge is 0.310 e. The van der Waals surface area contributed by atoms with Crippen molar-refractivity contribution in [2.24, 2.45) is 0 Å². The van der Waals surface area contributed by atoms with Crippen LogP contribution in [0.4, 0.5) is 0 Å². The maximum absolute atomic E-state index is 4.26. The van der Waals surface area contributed by atoms with Crippen molar-refractivity contribution in [1.29, 1.82) is 0 Å². The molecule has 0 spiro atoms. The molecule has 2 aromatic heterocycles. The van der Waals surface area contributed by atoms with E-state index in [4.69, 9.17) is 0 Å². The summed E-state index contributed by atoms with van der Waals surface area (Å²) >= 11 is 0. The van der Waals surface area contributed by atoms with E-state index >= 15 is 0 Å². The second-order valence-corrected chi connectivity index (χ2v) is 5.12. The van der Waals surface area contributed by atoms with E-state index in [2.05, 4.69) is 52.8 Å².